The molecule has 1 N–H and O–H groups in total. The summed E-state index contributed by atoms with van der Waals surface area (Å²) in [6.07, 6.45) is 1.77. The van der Waals surface area contributed by atoms with Crippen LogP contribution in [-0.4, -0.2) is 15.5 Å². The van der Waals surface area contributed by atoms with Crippen molar-refractivity contribution in [1.82, 2.24) is 9.55 Å². The number of amides is 1. The highest BCUT2D eigenvalue weighted by Crippen LogP contribution is 2.27. The summed E-state index contributed by atoms with van der Waals surface area (Å²) in [6.45, 7) is 6.78. The molecular weight excluding hydrogens is 282 g/mol. The van der Waals surface area contributed by atoms with Crippen molar-refractivity contribution in [2.45, 2.75) is 27.3 Å². The predicted molar refractivity (Wildman–Crippen MR) is 87.2 cm³/mol. The summed E-state index contributed by atoms with van der Waals surface area (Å²) < 4.78 is 2.06. The van der Waals surface area contributed by atoms with E-state index >= 15 is 0 Å². The number of benzene rings is 1. The van der Waals surface area contributed by atoms with Crippen molar-refractivity contribution in [3.05, 3.63) is 46.6 Å². The smallest absolute Gasteiger partial charge is 0.274 e. The summed E-state index contributed by atoms with van der Waals surface area (Å²) >= 11 is 1.48. The zero-order valence-corrected chi connectivity index (χ0v) is 13.1. The molecule has 0 saturated heterocycles. The molecule has 1 aromatic carbocycles. The normalized spacial score (nSPS) is 11.0. The monoisotopic (exact) mass is 299 g/mol. The first-order valence-corrected chi connectivity index (χ1v) is 7.75. The van der Waals surface area contributed by atoms with Gasteiger partial charge in [-0.15, -0.1) is 11.3 Å². The van der Waals surface area contributed by atoms with Gasteiger partial charge in [-0.25, -0.2) is 4.98 Å². The number of carbonyl (C=O) groups is 1. The summed E-state index contributed by atoms with van der Waals surface area (Å²) in [6, 6.07) is 8.11. The highest BCUT2D eigenvalue weighted by molar-refractivity contribution is 7.15. The zero-order valence-electron chi connectivity index (χ0n) is 12.3. The van der Waals surface area contributed by atoms with Crippen molar-refractivity contribution in [3.63, 3.8) is 0 Å². The Balaban J connectivity index is 2.06. The lowest BCUT2D eigenvalue weighted by atomic mass is 10.1. The minimum atomic E-state index is -0.0973. The summed E-state index contributed by atoms with van der Waals surface area (Å²) in [5.41, 5.74) is 2.82. The van der Waals surface area contributed by atoms with Crippen LogP contribution >= 0.6 is 11.3 Å². The first kappa shape index (κ1) is 13.8. The van der Waals surface area contributed by atoms with E-state index < -0.39 is 0 Å². The second-order valence-electron chi connectivity index (χ2n) is 4.97. The maximum absolute atomic E-state index is 12.6. The van der Waals surface area contributed by atoms with Gasteiger partial charge in [-0.2, -0.15) is 0 Å². The largest absolute Gasteiger partial charge is 0.337 e. The molecule has 3 rings (SSSR count). The van der Waals surface area contributed by atoms with Crippen LogP contribution in [0.4, 0.5) is 5.13 Å². The molecule has 4 nitrogen and oxygen atoms in total. The summed E-state index contributed by atoms with van der Waals surface area (Å²) in [4.78, 5) is 17.9. The molecule has 0 aliphatic carbocycles. The number of nitrogens with zero attached hydrogens (tertiary/aromatic N) is 2. The third-order valence-corrected chi connectivity index (χ3v) is 4.43. The maximum atomic E-state index is 12.6. The molecule has 108 valence electrons. The summed E-state index contributed by atoms with van der Waals surface area (Å²) in [5, 5.41) is 4.67. The van der Waals surface area contributed by atoms with Crippen LogP contribution < -0.4 is 5.32 Å². The van der Waals surface area contributed by atoms with Crippen LogP contribution in [0.5, 0.6) is 0 Å². The first-order valence-electron chi connectivity index (χ1n) is 6.93. The number of aromatic nitrogens is 2. The van der Waals surface area contributed by atoms with Gasteiger partial charge in [0.2, 0.25) is 0 Å². The lowest BCUT2D eigenvalue weighted by Gasteiger charge is -2.08. The molecule has 0 aliphatic heterocycles. The third-order valence-electron chi connectivity index (χ3n) is 3.60. The number of rotatable bonds is 3. The van der Waals surface area contributed by atoms with Gasteiger partial charge in [0.1, 0.15) is 5.69 Å². The van der Waals surface area contributed by atoms with Crippen LogP contribution in [0.3, 0.4) is 0 Å². The van der Waals surface area contributed by atoms with E-state index in [9.17, 15) is 4.79 Å². The fraction of sp³-hybridized carbons (Fsp3) is 0.250. The molecule has 0 radical (unpaired) electrons. The van der Waals surface area contributed by atoms with Crippen LogP contribution in [0.1, 0.15) is 27.9 Å². The molecule has 0 spiro atoms. The fourth-order valence-electron chi connectivity index (χ4n) is 2.67. The van der Waals surface area contributed by atoms with Crippen molar-refractivity contribution >= 4 is 33.3 Å². The van der Waals surface area contributed by atoms with Gasteiger partial charge in [0, 0.05) is 28.5 Å². The number of hydrogen-bond acceptors (Lipinski definition) is 3. The number of hydrogen-bond donors (Lipinski definition) is 1. The molecule has 0 saturated carbocycles. The first-order chi connectivity index (χ1) is 10.1. The molecule has 0 aliphatic rings. The van der Waals surface area contributed by atoms with Gasteiger partial charge in [-0.05, 0) is 32.4 Å². The number of aryl methyl sites for hydroxylation is 3. The Morgan fingerprint density at radius 3 is 2.76 bits per heavy atom. The highest BCUT2D eigenvalue weighted by Gasteiger charge is 2.19. The van der Waals surface area contributed by atoms with Gasteiger partial charge in [0.05, 0.1) is 0 Å². The van der Waals surface area contributed by atoms with Gasteiger partial charge < -0.3 is 4.57 Å². The van der Waals surface area contributed by atoms with E-state index in [1.807, 2.05) is 26.0 Å². The molecule has 2 aromatic heterocycles. The van der Waals surface area contributed by atoms with Crippen molar-refractivity contribution in [1.29, 1.82) is 0 Å². The Hall–Kier alpha value is -2.14. The van der Waals surface area contributed by atoms with Crippen molar-refractivity contribution < 1.29 is 4.79 Å². The average Bonchev–Trinajstić information content (AvgIpc) is 3.00. The van der Waals surface area contributed by atoms with Crippen LogP contribution in [0, 0.1) is 13.8 Å². The molecule has 2 heterocycles. The van der Waals surface area contributed by atoms with E-state index in [0.29, 0.717) is 10.8 Å². The topological polar surface area (TPSA) is 46.9 Å². The molecule has 0 bridgehead atoms. The lowest BCUT2D eigenvalue weighted by molar-refractivity contribution is 0.101. The van der Waals surface area contributed by atoms with Crippen molar-refractivity contribution in [2.75, 3.05) is 5.32 Å². The van der Waals surface area contributed by atoms with Crippen molar-refractivity contribution in [3.8, 4) is 0 Å². The average molecular weight is 299 g/mol. The molecule has 0 unspecified atom stereocenters. The molecular formula is C16H17N3OS. The number of fused-ring (bicyclic) bond motifs is 1. The fourth-order valence-corrected chi connectivity index (χ4v) is 3.33. The molecule has 5 heteroatoms. The zero-order chi connectivity index (χ0) is 15.0. The Morgan fingerprint density at radius 2 is 2.10 bits per heavy atom. The van der Waals surface area contributed by atoms with E-state index in [-0.39, 0.29) is 5.91 Å². The lowest BCUT2D eigenvalue weighted by Crippen LogP contribution is -2.17. The molecule has 3 aromatic rings. The van der Waals surface area contributed by atoms with Crippen LogP contribution in [0.2, 0.25) is 0 Å². The Bertz CT molecular complexity index is 816. The Kier molecular flexibility index (Phi) is 3.51. The Labute approximate surface area is 127 Å². The summed E-state index contributed by atoms with van der Waals surface area (Å²) in [5.74, 6) is -0.0973. The predicted octanol–water partition coefficient (Wildman–Crippen LogP) is 3.99. The second kappa shape index (κ2) is 5.33. The van der Waals surface area contributed by atoms with E-state index in [0.717, 1.165) is 27.9 Å². The molecule has 0 fully saturated rings. The van der Waals surface area contributed by atoms with Gasteiger partial charge >= 0.3 is 0 Å². The quantitative estimate of drug-likeness (QED) is 0.795. The maximum Gasteiger partial charge on any atom is 0.274 e. The van der Waals surface area contributed by atoms with Gasteiger partial charge in [0.25, 0.3) is 5.91 Å². The molecule has 0 atom stereocenters. The van der Waals surface area contributed by atoms with Crippen LogP contribution in [0.15, 0.2) is 30.5 Å². The standard InChI is InChI=1S/C16H17N3OS/c1-4-19-13-8-6-5-7-12(13)11(3)14(19)15(20)18-16-17-9-10(2)21-16/h5-9H,4H2,1-3H3,(H,17,18,20). The van der Waals surface area contributed by atoms with E-state index in [4.69, 9.17) is 0 Å². The number of carbonyl (C=O) groups excluding carboxylic acids is 1. The van der Waals surface area contributed by atoms with Gasteiger partial charge in [0.15, 0.2) is 5.13 Å². The minimum Gasteiger partial charge on any atom is -0.337 e. The number of para-hydroxylation sites is 1. The highest BCUT2D eigenvalue weighted by atomic mass is 32.1. The number of anilines is 1. The van der Waals surface area contributed by atoms with E-state index in [1.165, 1.54) is 11.3 Å². The van der Waals surface area contributed by atoms with Crippen LogP contribution in [0.25, 0.3) is 10.9 Å². The van der Waals surface area contributed by atoms with Gasteiger partial charge in [-0.1, -0.05) is 18.2 Å². The number of nitrogens with one attached hydrogen (secondary N) is 1. The van der Waals surface area contributed by atoms with Crippen LogP contribution in [-0.2, 0) is 6.54 Å². The second-order valence-corrected chi connectivity index (χ2v) is 6.20. The molecule has 1 amide bonds. The minimum absolute atomic E-state index is 0.0973. The molecule has 21 heavy (non-hydrogen) atoms. The number of thiazole rings is 1. The van der Waals surface area contributed by atoms with Crippen molar-refractivity contribution in [2.24, 2.45) is 0 Å². The van der Waals surface area contributed by atoms with Gasteiger partial charge in [-0.3, -0.25) is 10.1 Å². The van der Waals surface area contributed by atoms with E-state index in [2.05, 4.69) is 33.9 Å². The third kappa shape index (κ3) is 2.34. The Morgan fingerprint density at radius 1 is 1.33 bits per heavy atom. The van der Waals surface area contributed by atoms with E-state index in [1.54, 1.807) is 6.20 Å². The summed E-state index contributed by atoms with van der Waals surface area (Å²) in [7, 11) is 0. The SMILES string of the molecule is CCn1c(C(=O)Nc2ncc(C)s2)c(C)c2ccccc21.